The fourth-order valence-electron chi connectivity index (χ4n) is 2.75. The number of hydrogen-bond acceptors (Lipinski definition) is 5. The van der Waals surface area contributed by atoms with E-state index in [4.69, 9.17) is 4.98 Å². The minimum absolute atomic E-state index is 0.199. The van der Waals surface area contributed by atoms with Crippen molar-refractivity contribution < 1.29 is 5.11 Å². The Morgan fingerprint density at radius 3 is 3.15 bits per heavy atom. The lowest BCUT2D eigenvalue weighted by Gasteiger charge is -2.33. The van der Waals surface area contributed by atoms with Crippen LogP contribution in [0.2, 0.25) is 0 Å². The van der Waals surface area contributed by atoms with E-state index < -0.39 is 0 Å². The van der Waals surface area contributed by atoms with Crippen LogP contribution in [0.1, 0.15) is 25.5 Å². The Balaban J connectivity index is 1.63. The molecule has 0 bridgehead atoms. The highest BCUT2D eigenvalue weighted by molar-refractivity contribution is 7.20. The van der Waals surface area contributed by atoms with Crippen molar-refractivity contribution in [2.75, 3.05) is 13.1 Å². The third-order valence-corrected chi connectivity index (χ3v) is 5.82. The van der Waals surface area contributed by atoms with Gasteiger partial charge in [0.05, 0.1) is 16.7 Å². The third-order valence-electron chi connectivity index (χ3n) is 3.89. The maximum Gasteiger partial charge on any atom is 0.133 e. The summed E-state index contributed by atoms with van der Waals surface area (Å²) in [6, 6.07) is 4.19. The summed E-state index contributed by atoms with van der Waals surface area (Å²) in [6.07, 6.45) is 2.12. The number of nitrogens with zero attached hydrogens (tertiary/aromatic N) is 2. The minimum atomic E-state index is -0.199. The molecule has 5 heteroatoms. The first-order valence-corrected chi connectivity index (χ1v) is 8.87. The molecule has 108 valence electrons. The molecule has 20 heavy (non-hydrogen) atoms. The molecule has 0 aromatic carbocycles. The quantitative estimate of drug-likeness (QED) is 0.939. The molecule has 0 radical (unpaired) electrons. The average molecular weight is 308 g/mol. The zero-order valence-electron chi connectivity index (χ0n) is 11.7. The first-order valence-electron chi connectivity index (χ1n) is 7.11. The molecule has 0 spiro atoms. The molecule has 3 heterocycles. The summed E-state index contributed by atoms with van der Waals surface area (Å²) in [6.45, 7) is 4.93. The fraction of sp³-hybridized carbons (Fsp3) is 0.533. The van der Waals surface area contributed by atoms with E-state index in [1.807, 2.05) is 6.92 Å². The lowest BCUT2D eigenvalue weighted by molar-refractivity contribution is 0.0595. The topological polar surface area (TPSA) is 36.4 Å². The van der Waals surface area contributed by atoms with E-state index in [9.17, 15) is 5.11 Å². The Hall–Kier alpha value is -0.750. The second-order valence-corrected chi connectivity index (χ2v) is 7.31. The standard InChI is InChI=1S/C15H20N2OS2/c1-11(18)12-4-2-6-17(8-12)9-13-10-20-15(16-13)14-5-3-7-19-14/h3,5,7,10-12,18H,2,4,6,8-9H2,1H3. The van der Waals surface area contributed by atoms with Crippen molar-refractivity contribution in [2.45, 2.75) is 32.4 Å². The van der Waals surface area contributed by atoms with Crippen LogP contribution >= 0.6 is 22.7 Å². The number of thiophene rings is 1. The fourth-order valence-corrected chi connectivity index (χ4v) is 4.38. The van der Waals surface area contributed by atoms with E-state index in [0.29, 0.717) is 5.92 Å². The molecule has 1 aliphatic heterocycles. The van der Waals surface area contributed by atoms with Gasteiger partial charge in [-0.15, -0.1) is 22.7 Å². The van der Waals surface area contributed by atoms with E-state index in [1.165, 1.54) is 11.3 Å². The number of hydrogen-bond donors (Lipinski definition) is 1. The molecule has 3 rings (SSSR count). The molecule has 2 aromatic rings. The summed E-state index contributed by atoms with van der Waals surface area (Å²) in [5, 5.41) is 15.1. The molecule has 1 aliphatic rings. The molecular formula is C15H20N2OS2. The first kappa shape index (κ1) is 14.2. The number of aromatic nitrogens is 1. The summed E-state index contributed by atoms with van der Waals surface area (Å²) in [5.74, 6) is 0.416. The van der Waals surface area contributed by atoms with Crippen LogP contribution in [0, 0.1) is 5.92 Å². The van der Waals surface area contributed by atoms with Crippen molar-refractivity contribution in [3.8, 4) is 9.88 Å². The highest BCUT2D eigenvalue weighted by Crippen LogP contribution is 2.29. The highest BCUT2D eigenvalue weighted by atomic mass is 32.1. The molecule has 2 unspecified atom stereocenters. The van der Waals surface area contributed by atoms with Crippen LogP contribution in [-0.4, -0.2) is 34.2 Å². The smallest absolute Gasteiger partial charge is 0.133 e. The Kier molecular flexibility index (Phi) is 4.51. The first-order chi connectivity index (χ1) is 9.72. The van der Waals surface area contributed by atoms with Gasteiger partial charge in [0.1, 0.15) is 5.01 Å². The molecule has 2 aromatic heterocycles. The Morgan fingerprint density at radius 1 is 1.50 bits per heavy atom. The lowest BCUT2D eigenvalue weighted by Crippen LogP contribution is -2.39. The van der Waals surface area contributed by atoms with Gasteiger partial charge >= 0.3 is 0 Å². The van der Waals surface area contributed by atoms with Gasteiger partial charge < -0.3 is 5.11 Å². The third kappa shape index (κ3) is 3.28. The maximum absolute atomic E-state index is 9.75. The van der Waals surface area contributed by atoms with Gasteiger partial charge in [-0.3, -0.25) is 4.90 Å². The molecule has 0 saturated carbocycles. The predicted molar refractivity (Wildman–Crippen MR) is 85.1 cm³/mol. The molecule has 1 saturated heterocycles. The number of aliphatic hydroxyl groups is 1. The molecule has 1 fully saturated rings. The Labute approximate surface area is 127 Å². The van der Waals surface area contributed by atoms with Gasteiger partial charge in [-0.05, 0) is 43.7 Å². The van der Waals surface area contributed by atoms with Gasteiger partial charge in [-0.2, -0.15) is 0 Å². The van der Waals surface area contributed by atoms with Gasteiger partial charge in [-0.25, -0.2) is 4.98 Å². The van der Waals surface area contributed by atoms with Crippen LogP contribution in [0.3, 0.4) is 0 Å². The SMILES string of the molecule is CC(O)C1CCCN(Cc2csc(-c3cccs3)n2)C1. The second kappa shape index (κ2) is 6.35. The summed E-state index contributed by atoms with van der Waals surface area (Å²) >= 11 is 3.47. The van der Waals surface area contributed by atoms with E-state index in [2.05, 4.69) is 27.8 Å². The molecule has 2 atom stereocenters. The number of thiazole rings is 1. The largest absolute Gasteiger partial charge is 0.393 e. The van der Waals surface area contributed by atoms with Gasteiger partial charge in [0, 0.05) is 18.5 Å². The minimum Gasteiger partial charge on any atom is -0.393 e. The van der Waals surface area contributed by atoms with Crippen LogP contribution in [0.15, 0.2) is 22.9 Å². The molecule has 1 N–H and O–H groups in total. The number of likely N-dealkylation sites (tertiary alicyclic amines) is 1. The van der Waals surface area contributed by atoms with Gasteiger partial charge in [0.25, 0.3) is 0 Å². The van der Waals surface area contributed by atoms with Crippen LogP contribution in [0.25, 0.3) is 9.88 Å². The summed E-state index contributed by atoms with van der Waals surface area (Å²) in [7, 11) is 0. The van der Waals surface area contributed by atoms with E-state index >= 15 is 0 Å². The molecular weight excluding hydrogens is 288 g/mol. The van der Waals surface area contributed by atoms with E-state index in [0.717, 1.165) is 36.8 Å². The zero-order chi connectivity index (χ0) is 13.9. The van der Waals surface area contributed by atoms with Crippen molar-refractivity contribution in [2.24, 2.45) is 5.92 Å². The zero-order valence-corrected chi connectivity index (χ0v) is 13.3. The van der Waals surface area contributed by atoms with Crippen molar-refractivity contribution in [3.63, 3.8) is 0 Å². The number of aliphatic hydroxyl groups excluding tert-OH is 1. The van der Waals surface area contributed by atoms with Crippen molar-refractivity contribution in [1.82, 2.24) is 9.88 Å². The van der Waals surface area contributed by atoms with Crippen molar-refractivity contribution >= 4 is 22.7 Å². The van der Waals surface area contributed by atoms with Crippen LogP contribution in [0.5, 0.6) is 0 Å². The predicted octanol–water partition coefficient (Wildman–Crippen LogP) is 3.46. The number of rotatable bonds is 4. The summed E-state index contributed by atoms with van der Waals surface area (Å²) in [5.41, 5.74) is 1.16. The number of piperidine rings is 1. The molecule has 0 aliphatic carbocycles. The van der Waals surface area contributed by atoms with Crippen molar-refractivity contribution in [1.29, 1.82) is 0 Å². The average Bonchev–Trinajstić information content (AvgIpc) is 3.09. The van der Waals surface area contributed by atoms with Gasteiger partial charge in [0.15, 0.2) is 0 Å². The Bertz CT molecular complexity index is 536. The highest BCUT2D eigenvalue weighted by Gasteiger charge is 2.23. The van der Waals surface area contributed by atoms with Crippen molar-refractivity contribution in [3.05, 3.63) is 28.6 Å². The lowest BCUT2D eigenvalue weighted by atomic mass is 9.93. The van der Waals surface area contributed by atoms with Gasteiger partial charge in [-0.1, -0.05) is 6.07 Å². The summed E-state index contributed by atoms with van der Waals surface area (Å²) in [4.78, 5) is 8.42. The monoisotopic (exact) mass is 308 g/mol. The van der Waals surface area contributed by atoms with E-state index in [-0.39, 0.29) is 6.10 Å². The Morgan fingerprint density at radius 2 is 2.40 bits per heavy atom. The van der Waals surface area contributed by atoms with Crippen LogP contribution in [-0.2, 0) is 6.54 Å². The normalized spacial score (nSPS) is 22.0. The van der Waals surface area contributed by atoms with Crippen LogP contribution < -0.4 is 0 Å². The maximum atomic E-state index is 9.75. The van der Waals surface area contributed by atoms with Crippen LogP contribution in [0.4, 0.5) is 0 Å². The molecule has 3 nitrogen and oxygen atoms in total. The summed E-state index contributed by atoms with van der Waals surface area (Å²) < 4.78 is 0. The molecule has 0 amide bonds. The second-order valence-electron chi connectivity index (χ2n) is 5.50. The van der Waals surface area contributed by atoms with Gasteiger partial charge in [0.2, 0.25) is 0 Å². The van der Waals surface area contributed by atoms with E-state index in [1.54, 1.807) is 22.7 Å².